The fourth-order valence-corrected chi connectivity index (χ4v) is 2.08. The molecule has 0 saturated carbocycles. The second-order valence-electron chi connectivity index (χ2n) is 4.49. The number of ether oxygens (including phenoxy) is 3. The van der Waals surface area contributed by atoms with E-state index < -0.39 is 0 Å². The van der Waals surface area contributed by atoms with E-state index in [-0.39, 0.29) is 0 Å². The standard InChI is InChI=1S/C14H21N3O3/c1-18-14-10-12(11-16-15)2-3-13(14)20-9-6-17-4-7-19-8-5-17/h2-3,10-11H,4-9,15H2,1H3. The third-order valence-electron chi connectivity index (χ3n) is 3.18. The molecule has 1 aliphatic rings. The lowest BCUT2D eigenvalue weighted by Crippen LogP contribution is -2.38. The maximum atomic E-state index is 5.78. The molecule has 0 bridgehead atoms. The van der Waals surface area contributed by atoms with Crippen molar-refractivity contribution >= 4 is 6.21 Å². The summed E-state index contributed by atoms with van der Waals surface area (Å²) < 4.78 is 16.4. The Morgan fingerprint density at radius 2 is 2.15 bits per heavy atom. The first-order valence-electron chi connectivity index (χ1n) is 6.67. The molecule has 1 fully saturated rings. The molecule has 1 aromatic rings. The molecule has 1 aliphatic heterocycles. The van der Waals surface area contributed by atoms with Gasteiger partial charge in [-0.3, -0.25) is 4.90 Å². The Kier molecular flexibility index (Phi) is 5.64. The molecule has 1 saturated heterocycles. The van der Waals surface area contributed by atoms with Crippen LogP contribution in [0.1, 0.15) is 5.56 Å². The van der Waals surface area contributed by atoms with Gasteiger partial charge in [-0.25, -0.2) is 0 Å². The molecule has 6 nitrogen and oxygen atoms in total. The molecular weight excluding hydrogens is 258 g/mol. The summed E-state index contributed by atoms with van der Waals surface area (Å²) in [5.74, 6) is 6.55. The van der Waals surface area contributed by atoms with E-state index in [4.69, 9.17) is 20.1 Å². The van der Waals surface area contributed by atoms with Crippen molar-refractivity contribution in [1.29, 1.82) is 0 Å². The SMILES string of the molecule is COc1cc(C=NN)ccc1OCCN1CCOCC1. The molecule has 6 heteroatoms. The number of hydrogen-bond donors (Lipinski definition) is 1. The lowest BCUT2D eigenvalue weighted by atomic mass is 10.2. The highest BCUT2D eigenvalue weighted by Gasteiger charge is 2.11. The number of nitrogens with two attached hydrogens (primary N) is 1. The van der Waals surface area contributed by atoms with E-state index in [0.717, 1.165) is 44.2 Å². The normalized spacial score (nSPS) is 16.4. The van der Waals surface area contributed by atoms with Gasteiger partial charge in [0.15, 0.2) is 11.5 Å². The van der Waals surface area contributed by atoms with Crippen LogP contribution in [0, 0.1) is 0 Å². The van der Waals surface area contributed by atoms with Crippen molar-refractivity contribution in [1.82, 2.24) is 4.90 Å². The lowest BCUT2D eigenvalue weighted by Gasteiger charge is -2.26. The molecule has 0 unspecified atom stereocenters. The number of morpholine rings is 1. The summed E-state index contributed by atoms with van der Waals surface area (Å²) in [6, 6.07) is 5.61. The smallest absolute Gasteiger partial charge is 0.161 e. The minimum Gasteiger partial charge on any atom is -0.493 e. The third-order valence-corrected chi connectivity index (χ3v) is 3.18. The molecule has 0 radical (unpaired) electrons. The number of benzene rings is 1. The molecule has 110 valence electrons. The van der Waals surface area contributed by atoms with E-state index in [1.807, 2.05) is 18.2 Å². The van der Waals surface area contributed by atoms with Crippen LogP contribution in [0.25, 0.3) is 0 Å². The highest BCUT2D eigenvalue weighted by atomic mass is 16.5. The van der Waals surface area contributed by atoms with Crippen LogP contribution in [0.2, 0.25) is 0 Å². The largest absolute Gasteiger partial charge is 0.493 e. The van der Waals surface area contributed by atoms with E-state index >= 15 is 0 Å². The van der Waals surface area contributed by atoms with Crippen molar-refractivity contribution in [2.75, 3.05) is 46.6 Å². The fourth-order valence-electron chi connectivity index (χ4n) is 2.08. The van der Waals surface area contributed by atoms with Gasteiger partial charge in [-0.2, -0.15) is 5.10 Å². The molecule has 2 rings (SSSR count). The molecule has 2 N–H and O–H groups in total. The van der Waals surface area contributed by atoms with Crippen LogP contribution in [-0.4, -0.2) is 57.7 Å². The molecule has 20 heavy (non-hydrogen) atoms. The van der Waals surface area contributed by atoms with Crippen LogP contribution >= 0.6 is 0 Å². The molecular formula is C14H21N3O3. The van der Waals surface area contributed by atoms with Crippen LogP contribution in [-0.2, 0) is 4.74 Å². The van der Waals surface area contributed by atoms with Gasteiger partial charge >= 0.3 is 0 Å². The topological polar surface area (TPSA) is 69.3 Å². The fraction of sp³-hybridized carbons (Fsp3) is 0.500. The van der Waals surface area contributed by atoms with E-state index in [1.165, 1.54) is 0 Å². The van der Waals surface area contributed by atoms with Crippen molar-refractivity contribution in [3.63, 3.8) is 0 Å². The third kappa shape index (κ3) is 4.11. The number of nitrogens with zero attached hydrogens (tertiary/aromatic N) is 2. The Hall–Kier alpha value is -1.79. The first kappa shape index (κ1) is 14.6. The van der Waals surface area contributed by atoms with E-state index in [9.17, 15) is 0 Å². The van der Waals surface area contributed by atoms with Gasteiger partial charge < -0.3 is 20.1 Å². The Morgan fingerprint density at radius 1 is 1.35 bits per heavy atom. The van der Waals surface area contributed by atoms with Crippen molar-refractivity contribution in [3.05, 3.63) is 23.8 Å². The van der Waals surface area contributed by atoms with Gasteiger partial charge in [0.25, 0.3) is 0 Å². The predicted octanol–water partition coefficient (Wildman–Crippen LogP) is 0.699. The lowest BCUT2D eigenvalue weighted by molar-refractivity contribution is 0.0321. The molecule has 0 aromatic heterocycles. The zero-order valence-electron chi connectivity index (χ0n) is 11.7. The zero-order chi connectivity index (χ0) is 14.2. The minimum absolute atomic E-state index is 0.626. The number of methoxy groups -OCH3 is 1. The number of rotatable bonds is 6. The molecule has 0 atom stereocenters. The van der Waals surface area contributed by atoms with Crippen LogP contribution in [0.3, 0.4) is 0 Å². The number of hydrazone groups is 1. The van der Waals surface area contributed by atoms with E-state index in [0.29, 0.717) is 12.4 Å². The van der Waals surface area contributed by atoms with Crippen LogP contribution in [0.15, 0.2) is 23.3 Å². The van der Waals surface area contributed by atoms with Crippen molar-refractivity contribution in [2.24, 2.45) is 10.9 Å². The summed E-state index contributed by atoms with van der Waals surface area (Å²) in [7, 11) is 1.62. The minimum atomic E-state index is 0.626. The van der Waals surface area contributed by atoms with Crippen LogP contribution in [0.4, 0.5) is 0 Å². The highest BCUT2D eigenvalue weighted by molar-refractivity contribution is 5.80. The molecule has 1 aromatic carbocycles. The Bertz CT molecular complexity index is 445. The van der Waals surface area contributed by atoms with Gasteiger partial charge in [-0.05, 0) is 23.8 Å². The highest BCUT2D eigenvalue weighted by Crippen LogP contribution is 2.27. The summed E-state index contributed by atoms with van der Waals surface area (Å²) in [4.78, 5) is 2.32. The maximum Gasteiger partial charge on any atom is 0.161 e. The number of hydrogen-bond acceptors (Lipinski definition) is 6. The Labute approximate surface area is 119 Å². The predicted molar refractivity (Wildman–Crippen MR) is 77.5 cm³/mol. The summed E-state index contributed by atoms with van der Waals surface area (Å²) in [5, 5.41) is 3.49. The van der Waals surface area contributed by atoms with E-state index in [1.54, 1.807) is 13.3 Å². The van der Waals surface area contributed by atoms with Gasteiger partial charge in [0.05, 0.1) is 26.5 Å². The second kappa shape index (κ2) is 7.72. The van der Waals surface area contributed by atoms with Gasteiger partial charge in [0, 0.05) is 19.6 Å². The summed E-state index contributed by atoms with van der Waals surface area (Å²) >= 11 is 0. The molecule has 0 spiro atoms. The first-order valence-corrected chi connectivity index (χ1v) is 6.67. The van der Waals surface area contributed by atoms with Gasteiger partial charge in [-0.1, -0.05) is 0 Å². The average molecular weight is 279 g/mol. The molecule has 0 amide bonds. The quantitative estimate of drug-likeness (QED) is 0.471. The maximum absolute atomic E-state index is 5.78. The summed E-state index contributed by atoms with van der Waals surface area (Å²) in [6.45, 7) is 5.05. The van der Waals surface area contributed by atoms with Crippen LogP contribution < -0.4 is 15.3 Å². The van der Waals surface area contributed by atoms with Crippen molar-refractivity contribution in [3.8, 4) is 11.5 Å². The summed E-state index contributed by atoms with van der Waals surface area (Å²) in [5.41, 5.74) is 0.880. The monoisotopic (exact) mass is 279 g/mol. The van der Waals surface area contributed by atoms with Gasteiger partial charge in [0.2, 0.25) is 0 Å². The van der Waals surface area contributed by atoms with Gasteiger partial charge in [0.1, 0.15) is 6.61 Å². The summed E-state index contributed by atoms with van der Waals surface area (Å²) in [6.07, 6.45) is 1.57. The van der Waals surface area contributed by atoms with Crippen molar-refractivity contribution < 1.29 is 14.2 Å². The average Bonchev–Trinajstić information content (AvgIpc) is 2.50. The zero-order valence-corrected chi connectivity index (χ0v) is 11.7. The van der Waals surface area contributed by atoms with Crippen molar-refractivity contribution in [2.45, 2.75) is 0 Å². The Morgan fingerprint density at radius 3 is 2.85 bits per heavy atom. The Balaban J connectivity index is 1.88. The molecule has 0 aliphatic carbocycles. The molecule has 1 heterocycles. The van der Waals surface area contributed by atoms with Crippen LogP contribution in [0.5, 0.6) is 11.5 Å². The van der Waals surface area contributed by atoms with E-state index in [2.05, 4.69) is 10.0 Å². The second-order valence-corrected chi connectivity index (χ2v) is 4.49. The van der Waals surface area contributed by atoms with Gasteiger partial charge in [-0.15, -0.1) is 0 Å². The first-order chi connectivity index (χ1) is 9.83.